The molecule has 0 aliphatic carbocycles. The molecule has 114 valence electrons. The van der Waals surface area contributed by atoms with Gasteiger partial charge in [0.2, 0.25) is 12.2 Å². The Morgan fingerprint density at radius 3 is 1.40 bits per heavy atom. The molecule has 0 saturated carbocycles. The lowest BCUT2D eigenvalue weighted by atomic mass is 10.2. The Labute approximate surface area is 129 Å². The molecule has 0 unspecified atom stereocenters. The van der Waals surface area contributed by atoms with Gasteiger partial charge in [0, 0.05) is 11.5 Å². The highest BCUT2D eigenvalue weighted by Crippen LogP contribution is 2.24. The number of hydrogen-bond donors (Lipinski definition) is 0. The van der Waals surface area contributed by atoms with E-state index in [0.717, 1.165) is 25.7 Å². The summed E-state index contributed by atoms with van der Waals surface area (Å²) in [5, 5.41) is 0. The van der Waals surface area contributed by atoms with E-state index in [0.29, 0.717) is 13.1 Å². The molecule has 0 amide bonds. The van der Waals surface area contributed by atoms with Gasteiger partial charge in [-0.3, -0.25) is 0 Å². The first kappa shape index (κ1) is 19.5. The Hall–Kier alpha value is -0.540. The van der Waals surface area contributed by atoms with E-state index >= 15 is 0 Å². The average Bonchev–Trinajstić information content (AvgIpc) is 2.47. The van der Waals surface area contributed by atoms with E-state index in [1.54, 1.807) is 12.2 Å². The quantitative estimate of drug-likeness (QED) is 0.197. The van der Waals surface area contributed by atoms with E-state index in [1.165, 1.54) is 37.2 Å². The number of hydrogen-bond acceptors (Lipinski definition) is 6. The van der Waals surface area contributed by atoms with Gasteiger partial charge in [0.05, 0.1) is 13.1 Å². The molecule has 0 saturated heterocycles. The number of aliphatic imine (C=N–C) groups is 2. The summed E-state index contributed by atoms with van der Waals surface area (Å²) in [7, 11) is 3.91. The van der Waals surface area contributed by atoms with Crippen molar-refractivity contribution in [1.82, 2.24) is 0 Å². The summed E-state index contributed by atoms with van der Waals surface area (Å²) in [5.74, 6) is 2.41. The van der Waals surface area contributed by atoms with E-state index in [2.05, 4.69) is 9.98 Å². The molecule has 0 aromatic carbocycles. The number of carbonyl (C=O) groups excluding carboxylic acids is 2. The van der Waals surface area contributed by atoms with Gasteiger partial charge in [0.25, 0.3) is 0 Å². The number of isocyanates is 2. The largest absolute Gasteiger partial charge is 0.234 e. The normalized spacial score (nSPS) is 9.80. The number of unbranched alkanes of at least 4 members (excludes halogenated alkanes) is 6. The fourth-order valence-corrected chi connectivity index (χ4v) is 3.91. The second-order valence-electron chi connectivity index (χ2n) is 4.42. The zero-order valence-corrected chi connectivity index (χ0v) is 13.6. The zero-order valence-electron chi connectivity index (χ0n) is 12.0. The third-order valence-electron chi connectivity index (χ3n) is 2.71. The standard InChI is InChI=1S/C14H24N2O2S2/c17-13-15-9-5-1-3-7-11-19-20-12-8-4-2-6-10-16-14-18/h1-12H2. The fourth-order valence-electron chi connectivity index (χ4n) is 1.62. The van der Waals surface area contributed by atoms with Gasteiger partial charge in [-0.2, -0.15) is 0 Å². The van der Waals surface area contributed by atoms with Crippen LogP contribution < -0.4 is 0 Å². The third kappa shape index (κ3) is 17.5. The molecule has 0 atom stereocenters. The molecule has 4 nitrogen and oxygen atoms in total. The van der Waals surface area contributed by atoms with Gasteiger partial charge in [-0.25, -0.2) is 19.6 Å². The predicted octanol–water partition coefficient (Wildman–Crippen LogP) is 4.16. The molecule has 0 heterocycles. The average molecular weight is 316 g/mol. The molecule has 0 aliphatic heterocycles. The van der Waals surface area contributed by atoms with Crippen molar-refractivity contribution in [2.75, 3.05) is 24.6 Å². The van der Waals surface area contributed by atoms with Crippen LogP contribution >= 0.6 is 21.6 Å². The van der Waals surface area contributed by atoms with Gasteiger partial charge in [-0.1, -0.05) is 47.3 Å². The lowest BCUT2D eigenvalue weighted by molar-refractivity contribution is 0.560. The van der Waals surface area contributed by atoms with Crippen LogP contribution in [0, 0.1) is 0 Å². The summed E-state index contributed by atoms with van der Waals surface area (Å²) in [5.41, 5.74) is 0. The first-order chi connectivity index (χ1) is 9.91. The molecule has 20 heavy (non-hydrogen) atoms. The Morgan fingerprint density at radius 2 is 1.00 bits per heavy atom. The third-order valence-corrected chi connectivity index (χ3v) is 5.28. The zero-order chi connectivity index (χ0) is 14.7. The van der Waals surface area contributed by atoms with Crippen LogP contribution in [0.4, 0.5) is 0 Å². The minimum absolute atomic E-state index is 0.629. The lowest BCUT2D eigenvalue weighted by Gasteiger charge is -2.01. The molecule has 0 fully saturated rings. The van der Waals surface area contributed by atoms with Crippen molar-refractivity contribution in [3.8, 4) is 0 Å². The van der Waals surface area contributed by atoms with Crippen molar-refractivity contribution in [3.05, 3.63) is 0 Å². The molecule has 0 aromatic heterocycles. The van der Waals surface area contributed by atoms with Gasteiger partial charge >= 0.3 is 0 Å². The minimum atomic E-state index is 0.629. The van der Waals surface area contributed by atoms with Crippen LogP contribution in [0.25, 0.3) is 0 Å². The van der Waals surface area contributed by atoms with E-state index < -0.39 is 0 Å². The summed E-state index contributed by atoms with van der Waals surface area (Å²) in [6.45, 7) is 1.26. The predicted molar refractivity (Wildman–Crippen MR) is 87.8 cm³/mol. The highest BCUT2D eigenvalue weighted by Gasteiger charge is 1.94. The van der Waals surface area contributed by atoms with E-state index in [9.17, 15) is 9.59 Å². The van der Waals surface area contributed by atoms with Crippen LogP contribution in [0.15, 0.2) is 9.98 Å². The fraction of sp³-hybridized carbons (Fsp3) is 0.857. The topological polar surface area (TPSA) is 58.9 Å². The maximum atomic E-state index is 9.83. The van der Waals surface area contributed by atoms with Gasteiger partial charge in [-0.15, -0.1) is 0 Å². The van der Waals surface area contributed by atoms with Gasteiger partial charge in [-0.05, 0) is 25.7 Å². The highest BCUT2D eigenvalue weighted by molar-refractivity contribution is 8.76. The van der Waals surface area contributed by atoms with Crippen LogP contribution in [0.2, 0.25) is 0 Å². The van der Waals surface area contributed by atoms with Crippen molar-refractivity contribution >= 4 is 33.7 Å². The smallest absolute Gasteiger partial charge is 0.211 e. The van der Waals surface area contributed by atoms with E-state index in [4.69, 9.17) is 0 Å². The second kappa shape index (κ2) is 18.5. The van der Waals surface area contributed by atoms with Gasteiger partial charge in [0.1, 0.15) is 0 Å². The molecule has 0 N–H and O–H groups in total. The second-order valence-corrected chi connectivity index (χ2v) is 7.12. The molecule has 0 bridgehead atoms. The number of rotatable bonds is 15. The first-order valence-corrected chi connectivity index (χ1v) is 9.72. The van der Waals surface area contributed by atoms with Crippen LogP contribution in [0.1, 0.15) is 51.4 Å². The van der Waals surface area contributed by atoms with Gasteiger partial charge in [0.15, 0.2) is 0 Å². The van der Waals surface area contributed by atoms with Crippen molar-refractivity contribution in [2.45, 2.75) is 51.4 Å². The summed E-state index contributed by atoms with van der Waals surface area (Å²) >= 11 is 0. The Morgan fingerprint density at radius 1 is 0.600 bits per heavy atom. The Kier molecular flexibility index (Phi) is 18.0. The molecule has 0 radical (unpaired) electrons. The minimum Gasteiger partial charge on any atom is -0.211 e. The first-order valence-electron chi connectivity index (χ1n) is 7.23. The molecule has 0 aliphatic rings. The van der Waals surface area contributed by atoms with Crippen molar-refractivity contribution in [2.24, 2.45) is 9.98 Å². The van der Waals surface area contributed by atoms with Gasteiger partial charge < -0.3 is 0 Å². The SMILES string of the molecule is O=C=NCCCCCCSSCCCCCCN=C=O. The maximum absolute atomic E-state index is 9.83. The molecule has 6 heteroatoms. The Balaban J connectivity index is 2.99. The Bertz CT molecular complexity index is 272. The highest BCUT2D eigenvalue weighted by atomic mass is 33.1. The molecular weight excluding hydrogens is 292 g/mol. The van der Waals surface area contributed by atoms with Crippen LogP contribution in [0.3, 0.4) is 0 Å². The molecular formula is C14H24N2O2S2. The lowest BCUT2D eigenvalue weighted by Crippen LogP contribution is -1.85. The number of nitrogens with zero attached hydrogens (tertiary/aromatic N) is 2. The van der Waals surface area contributed by atoms with E-state index in [-0.39, 0.29) is 0 Å². The molecule has 0 rings (SSSR count). The molecule has 0 aromatic rings. The van der Waals surface area contributed by atoms with Crippen molar-refractivity contribution in [3.63, 3.8) is 0 Å². The summed E-state index contributed by atoms with van der Waals surface area (Å²) in [6, 6.07) is 0. The van der Waals surface area contributed by atoms with Crippen molar-refractivity contribution < 1.29 is 9.59 Å². The van der Waals surface area contributed by atoms with Crippen LogP contribution in [-0.4, -0.2) is 36.8 Å². The van der Waals surface area contributed by atoms with E-state index in [1.807, 2.05) is 21.6 Å². The molecule has 0 spiro atoms. The van der Waals surface area contributed by atoms with Crippen molar-refractivity contribution in [1.29, 1.82) is 0 Å². The summed E-state index contributed by atoms with van der Waals surface area (Å²) in [6.07, 6.45) is 12.4. The summed E-state index contributed by atoms with van der Waals surface area (Å²) in [4.78, 5) is 26.7. The monoisotopic (exact) mass is 316 g/mol. The van der Waals surface area contributed by atoms with Crippen LogP contribution in [-0.2, 0) is 9.59 Å². The van der Waals surface area contributed by atoms with Crippen LogP contribution in [0.5, 0.6) is 0 Å². The maximum Gasteiger partial charge on any atom is 0.234 e. The summed E-state index contributed by atoms with van der Waals surface area (Å²) < 4.78 is 0.